The van der Waals surface area contributed by atoms with Crippen LogP contribution in [-0.2, 0) is 4.79 Å². The third-order valence-electron chi connectivity index (χ3n) is 2.07. The van der Waals surface area contributed by atoms with E-state index >= 15 is 0 Å². The van der Waals surface area contributed by atoms with E-state index in [1.54, 1.807) is 6.07 Å². The molecule has 1 amide bonds. The average Bonchev–Trinajstić information content (AvgIpc) is 2.15. The number of aryl methyl sites for hydroxylation is 1. The minimum atomic E-state index is -1.03. The number of benzene rings is 1. The number of likely N-dealkylation sites (N-methyl/N-ethyl adjacent to an activating group) is 1. The maximum absolute atomic E-state index is 11.8. The van der Waals surface area contributed by atoms with Crippen molar-refractivity contribution in [1.82, 2.24) is 4.90 Å². The molecule has 0 heterocycles. The lowest BCUT2D eigenvalue weighted by Gasteiger charge is -2.15. The zero-order valence-corrected chi connectivity index (χ0v) is 10.6. The SMILES string of the molecule is Cc1ccc(C(=O)N(C)CC(=O)O)c(Br)c1. The normalized spacial score (nSPS) is 9.94. The molecular formula is C11H12BrNO3. The molecule has 1 aromatic carbocycles. The van der Waals surface area contributed by atoms with Gasteiger partial charge in [-0.3, -0.25) is 9.59 Å². The topological polar surface area (TPSA) is 57.6 Å². The standard InChI is InChI=1S/C11H12BrNO3/c1-7-3-4-8(9(12)5-7)11(16)13(2)6-10(14)15/h3-5H,6H2,1-2H3,(H,14,15). The molecular weight excluding hydrogens is 274 g/mol. The van der Waals surface area contributed by atoms with Gasteiger partial charge in [0, 0.05) is 11.5 Å². The minimum absolute atomic E-state index is 0.306. The van der Waals surface area contributed by atoms with Crippen LogP contribution in [0, 0.1) is 6.92 Å². The zero-order chi connectivity index (χ0) is 12.3. The molecule has 4 nitrogen and oxygen atoms in total. The number of rotatable bonds is 3. The Hall–Kier alpha value is -1.36. The molecule has 1 rings (SSSR count). The molecule has 16 heavy (non-hydrogen) atoms. The molecule has 0 fully saturated rings. The number of aliphatic carboxylic acids is 1. The van der Waals surface area contributed by atoms with Crippen LogP contribution in [0.5, 0.6) is 0 Å². The van der Waals surface area contributed by atoms with E-state index in [0.29, 0.717) is 10.0 Å². The van der Waals surface area contributed by atoms with Crippen molar-refractivity contribution >= 4 is 27.8 Å². The van der Waals surface area contributed by atoms with E-state index in [1.807, 2.05) is 19.1 Å². The molecule has 0 aliphatic carbocycles. The summed E-state index contributed by atoms with van der Waals surface area (Å²) >= 11 is 3.29. The van der Waals surface area contributed by atoms with Gasteiger partial charge in [0.05, 0.1) is 5.56 Å². The van der Waals surface area contributed by atoms with Gasteiger partial charge in [-0.1, -0.05) is 6.07 Å². The first-order valence-corrected chi connectivity index (χ1v) is 5.44. The predicted molar refractivity (Wildman–Crippen MR) is 63.5 cm³/mol. The van der Waals surface area contributed by atoms with Crippen molar-refractivity contribution in [1.29, 1.82) is 0 Å². The van der Waals surface area contributed by atoms with Crippen molar-refractivity contribution < 1.29 is 14.7 Å². The van der Waals surface area contributed by atoms with Crippen LogP contribution < -0.4 is 0 Å². The Balaban J connectivity index is 2.92. The van der Waals surface area contributed by atoms with Crippen LogP contribution in [0.1, 0.15) is 15.9 Å². The van der Waals surface area contributed by atoms with Gasteiger partial charge >= 0.3 is 5.97 Å². The van der Waals surface area contributed by atoms with Crippen molar-refractivity contribution in [2.45, 2.75) is 6.92 Å². The van der Waals surface area contributed by atoms with Crippen molar-refractivity contribution in [3.8, 4) is 0 Å². The molecule has 0 bridgehead atoms. The number of carbonyl (C=O) groups excluding carboxylic acids is 1. The Bertz CT molecular complexity index is 431. The summed E-state index contributed by atoms with van der Waals surface area (Å²) in [4.78, 5) is 23.5. The maximum atomic E-state index is 11.8. The Morgan fingerprint density at radius 3 is 2.56 bits per heavy atom. The van der Waals surface area contributed by atoms with E-state index < -0.39 is 5.97 Å². The van der Waals surface area contributed by atoms with Crippen molar-refractivity contribution in [2.24, 2.45) is 0 Å². The molecule has 0 atom stereocenters. The van der Waals surface area contributed by atoms with Gasteiger partial charge in [0.1, 0.15) is 6.54 Å². The van der Waals surface area contributed by atoms with Crippen molar-refractivity contribution in [3.63, 3.8) is 0 Å². The second-order valence-corrected chi connectivity index (χ2v) is 4.39. The van der Waals surface area contributed by atoms with Gasteiger partial charge < -0.3 is 10.0 Å². The van der Waals surface area contributed by atoms with E-state index in [9.17, 15) is 9.59 Å². The summed E-state index contributed by atoms with van der Waals surface area (Å²) < 4.78 is 0.676. The van der Waals surface area contributed by atoms with Crippen molar-refractivity contribution in [3.05, 3.63) is 33.8 Å². The van der Waals surface area contributed by atoms with Gasteiger partial charge in [-0.25, -0.2) is 0 Å². The fraction of sp³-hybridized carbons (Fsp3) is 0.273. The molecule has 0 saturated heterocycles. The first-order valence-electron chi connectivity index (χ1n) is 4.65. The largest absolute Gasteiger partial charge is 0.480 e. The minimum Gasteiger partial charge on any atom is -0.480 e. The molecule has 5 heteroatoms. The summed E-state index contributed by atoms with van der Waals surface area (Å²) in [6, 6.07) is 5.31. The monoisotopic (exact) mass is 285 g/mol. The highest BCUT2D eigenvalue weighted by atomic mass is 79.9. The summed E-state index contributed by atoms with van der Waals surface area (Å²) in [5.41, 5.74) is 1.50. The van der Waals surface area contributed by atoms with Crippen molar-refractivity contribution in [2.75, 3.05) is 13.6 Å². The Morgan fingerprint density at radius 1 is 1.44 bits per heavy atom. The predicted octanol–water partition coefficient (Wildman–Crippen LogP) is 1.91. The number of carbonyl (C=O) groups is 2. The fourth-order valence-corrected chi connectivity index (χ4v) is 1.94. The summed E-state index contributed by atoms with van der Waals surface area (Å²) in [5.74, 6) is -1.34. The molecule has 0 aliphatic heterocycles. The number of nitrogens with zero attached hydrogens (tertiary/aromatic N) is 1. The van der Waals surface area contributed by atoms with Crippen LogP contribution in [0.3, 0.4) is 0 Å². The third-order valence-corrected chi connectivity index (χ3v) is 2.73. The van der Waals surface area contributed by atoms with E-state index in [1.165, 1.54) is 7.05 Å². The number of hydrogen-bond donors (Lipinski definition) is 1. The summed E-state index contributed by atoms with van der Waals surface area (Å²) in [5, 5.41) is 8.59. The quantitative estimate of drug-likeness (QED) is 0.923. The first kappa shape index (κ1) is 12.7. The second-order valence-electron chi connectivity index (χ2n) is 3.54. The van der Waals surface area contributed by atoms with Crippen LogP contribution in [0.15, 0.2) is 22.7 Å². The lowest BCUT2D eigenvalue weighted by atomic mass is 10.1. The smallest absolute Gasteiger partial charge is 0.323 e. The summed E-state index contributed by atoms with van der Waals surface area (Å²) in [6.07, 6.45) is 0. The Labute approximate surface area is 102 Å². The molecule has 0 saturated carbocycles. The van der Waals surface area contributed by atoms with Gasteiger partial charge in [0.15, 0.2) is 0 Å². The molecule has 0 spiro atoms. The van der Waals surface area contributed by atoms with Gasteiger partial charge in [-0.15, -0.1) is 0 Å². The second kappa shape index (κ2) is 5.12. The van der Waals surface area contributed by atoms with E-state index in [0.717, 1.165) is 10.5 Å². The lowest BCUT2D eigenvalue weighted by Crippen LogP contribution is -2.32. The number of carboxylic acid groups (broad SMARTS) is 1. The average molecular weight is 286 g/mol. The highest BCUT2D eigenvalue weighted by Gasteiger charge is 2.16. The zero-order valence-electron chi connectivity index (χ0n) is 9.03. The van der Waals surface area contributed by atoms with Gasteiger partial charge in [-0.2, -0.15) is 0 Å². The highest BCUT2D eigenvalue weighted by Crippen LogP contribution is 2.19. The van der Waals surface area contributed by atoms with Gasteiger partial charge in [0.2, 0.25) is 0 Å². The van der Waals surface area contributed by atoms with Crippen LogP contribution in [0.4, 0.5) is 0 Å². The molecule has 1 aromatic rings. The first-order chi connectivity index (χ1) is 7.41. The van der Waals surface area contributed by atoms with Crippen LogP contribution in [0.2, 0.25) is 0 Å². The Morgan fingerprint density at radius 2 is 2.06 bits per heavy atom. The van der Waals surface area contributed by atoms with Gasteiger partial charge in [-0.05, 0) is 40.5 Å². The van der Waals surface area contributed by atoms with E-state index in [2.05, 4.69) is 15.9 Å². The van der Waals surface area contributed by atoms with Crippen LogP contribution in [0.25, 0.3) is 0 Å². The lowest BCUT2D eigenvalue weighted by molar-refractivity contribution is -0.137. The van der Waals surface area contributed by atoms with Gasteiger partial charge in [0.25, 0.3) is 5.91 Å². The van der Waals surface area contributed by atoms with E-state index in [-0.39, 0.29) is 12.5 Å². The number of carboxylic acids is 1. The molecule has 1 N–H and O–H groups in total. The third kappa shape index (κ3) is 3.06. The Kier molecular flexibility index (Phi) is 4.06. The van der Waals surface area contributed by atoms with Crippen LogP contribution >= 0.6 is 15.9 Å². The summed E-state index contributed by atoms with van der Waals surface area (Å²) in [6.45, 7) is 1.61. The fourth-order valence-electron chi connectivity index (χ4n) is 1.27. The highest BCUT2D eigenvalue weighted by molar-refractivity contribution is 9.10. The molecule has 0 radical (unpaired) electrons. The molecule has 0 aliphatic rings. The molecule has 86 valence electrons. The van der Waals surface area contributed by atoms with Crippen LogP contribution in [-0.4, -0.2) is 35.5 Å². The molecule has 0 unspecified atom stereocenters. The maximum Gasteiger partial charge on any atom is 0.323 e. The number of hydrogen-bond acceptors (Lipinski definition) is 2. The summed E-state index contributed by atoms with van der Waals surface area (Å²) in [7, 11) is 1.46. The van der Waals surface area contributed by atoms with E-state index in [4.69, 9.17) is 5.11 Å². The number of halogens is 1. The number of amides is 1. The molecule has 0 aromatic heterocycles.